The van der Waals surface area contributed by atoms with Crippen LogP contribution in [-0.2, 0) is 17.8 Å². The molecule has 0 saturated carbocycles. The van der Waals surface area contributed by atoms with Crippen molar-refractivity contribution >= 4 is 68.1 Å². The van der Waals surface area contributed by atoms with Gasteiger partial charge in [-0.1, -0.05) is 75.5 Å². The van der Waals surface area contributed by atoms with Gasteiger partial charge in [0.2, 0.25) is 0 Å². The zero-order valence-electron chi connectivity index (χ0n) is 17.3. The van der Waals surface area contributed by atoms with E-state index in [9.17, 15) is 9.59 Å². The van der Waals surface area contributed by atoms with Gasteiger partial charge < -0.3 is 4.74 Å². The number of amides is 2. The number of halogens is 3. The summed E-state index contributed by atoms with van der Waals surface area (Å²) < 4.78 is 6.82. The van der Waals surface area contributed by atoms with Gasteiger partial charge >= 0.3 is 0 Å². The van der Waals surface area contributed by atoms with E-state index in [1.54, 1.807) is 30.3 Å². The Bertz CT molecular complexity index is 1230. The molecule has 1 saturated heterocycles. The van der Waals surface area contributed by atoms with Crippen molar-refractivity contribution in [2.24, 2.45) is 0 Å². The Morgan fingerprint density at radius 3 is 2.55 bits per heavy atom. The molecule has 0 radical (unpaired) electrons. The van der Waals surface area contributed by atoms with E-state index in [2.05, 4.69) is 15.9 Å². The van der Waals surface area contributed by atoms with Crippen LogP contribution in [0.3, 0.4) is 0 Å². The van der Waals surface area contributed by atoms with E-state index in [-0.39, 0.29) is 17.8 Å². The van der Waals surface area contributed by atoms with Gasteiger partial charge in [0.05, 0.1) is 4.91 Å². The quantitative estimate of drug-likeness (QED) is 0.278. The molecule has 8 heteroatoms. The molecule has 1 aliphatic heterocycles. The number of ether oxygens (including phenoxy) is 1. The molecular formula is C25H18BrCl2NO3S. The van der Waals surface area contributed by atoms with Gasteiger partial charge in [0.1, 0.15) is 12.4 Å². The van der Waals surface area contributed by atoms with Gasteiger partial charge in [0.25, 0.3) is 11.1 Å². The molecule has 33 heavy (non-hydrogen) atoms. The monoisotopic (exact) mass is 561 g/mol. The molecule has 3 aromatic carbocycles. The molecular weight excluding hydrogens is 545 g/mol. The minimum atomic E-state index is -0.299. The Morgan fingerprint density at radius 1 is 1.00 bits per heavy atom. The second-order valence-corrected chi connectivity index (χ2v) is 10.0. The van der Waals surface area contributed by atoms with Crippen molar-refractivity contribution in [2.75, 3.05) is 6.54 Å². The molecule has 0 bridgehead atoms. The highest BCUT2D eigenvalue weighted by Crippen LogP contribution is 2.35. The molecule has 0 unspecified atom stereocenters. The van der Waals surface area contributed by atoms with Gasteiger partial charge in [-0.15, -0.1) is 0 Å². The number of imide groups is 1. The number of hydrogen-bond acceptors (Lipinski definition) is 4. The number of carbonyl (C=O) groups is 2. The highest BCUT2D eigenvalue weighted by atomic mass is 79.9. The zero-order chi connectivity index (χ0) is 23.4. The summed E-state index contributed by atoms with van der Waals surface area (Å²) in [4.78, 5) is 27.1. The highest BCUT2D eigenvalue weighted by molar-refractivity contribution is 9.10. The lowest BCUT2D eigenvalue weighted by atomic mass is 10.1. The molecule has 1 heterocycles. The molecule has 0 spiro atoms. The summed E-state index contributed by atoms with van der Waals surface area (Å²) in [7, 11) is 0. The van der Waals surface area contributed by atoms with Crippen molar-refractivity contribution < 1.29 is 14.3 Å². The van der Waals surface area contributed by atoms with Crippen LogP contribution >= 0.6 is 50.9 Å². The molecule has 0 N–H and O–H groups in total. The van der Waals surface area contributed by atoms with Crippen LogP contribution in [0.2, 0.25) is 10.0 Å². The summed E-state index contributed by atoms with van der Waals surface area (Å²) in [5.74, 6) is 0.271. The molecule has 1 fully saturated rings. The van der Waals surface area contributed by atoms with Crippen LogP contribution in [0, 0.1) is 0 Å². The predicted octanol–water partition coefficient (Wildman–Crippen LogP) is 7.61. The van der Waals surface area contributed by atoms with Gasteiger partial charge in [-0.05, 0) is 60.2 Å². The lowest BCUT2D eigenvalue weighted by Gasteiger charge is -2.13. The average Bonchev–Trinajstić information content (AvgIpc) is 3.06. The Hall–Kier alpha value is -2.25. The minimum Gasteiger partial charge on any atom is -0.488 e. The Morgan fingerprint density at radius 2 is 1.79 bits per heavy atom. The van der Waals surface area contributed by atoms with E-state index in [0.717, 1.165) is 27.4 Å². The van der Waals surface area contributed by atoms with Crippen molar-refractivity contribution in [3.63, 3.8) is 0 Å². The van der Waals surface area contributed by atoms with Crippen LogP contribution in [0.5, 0.6) is 5.75 Å². The highest BCUT2D eigenvalue weighted by Gasteiger charge is 2.34. The van der Waals surface area contributed by atoms with Crippen molar-refractivity contribution in [1.82, 2.24) is 4.90 Å². The lowest BCUT2D eigenvalue weighted by Crippen LogP contribution is -2.30. The average molecular weight is 563 g/mol. The fraction of sp³-hybridized carbons (Fsp3) is 0.120. The predicted molar refractivity (Wildman–Crippen MR) is 138 cm³/mol. The van der Waals surface area contributed by atoms with Crippen molar-refractivity contribution in [3.05, 3.63) is 103 Å². The number of rotatable bonds is 7. The maximum Gasteiger partial charge on any atom is 0.293 e. The number of carbonyl (C=O) groups excluding carboxylic acids is 2. The van der Waals surface area contributed by atoms with E-state index in [0.29, 0.717) is 39.2 Å². The summed E-state index contributed by atoms with van der Waals surface area (Å²) in [6, 6.07) is 20.5. The summed E-state index contributed by atoms with van der Waals surface area (Å²) in [5, 5.41) is 0.796. The molecule has 2 amide bonds. The Kier molecular flexibility index (Phi) is 7.81. The van der Waals surface area contributed by atoms with Crippen molar-refractivity contribution in [3.8, 4) is 5.75 Å². The topological polar surface area (TPSA) is 46.6 Å². The van der Waals surface area contributed by atoms with Crippen LogP contribution in [0.4, 0.5) is 4.79 Å². The molecule has 1 aliphatic rings. The maximum atomic E-state index is 12.9. The molecule has 4 rings (SSSR count). The number of thioether (sulfide) groups is 1. The first-order valence-electron chi connectivity index (χ1n) is 10.1. The first-order chi connectivity index (χ1) is 15.9. The first-order valence-corrected chi connectivity index (χ1v) is 12.4. The summed E-state index contributed by atoms with van der Waals surface area (Å²) in [6.45, 7) is 0.569. The summed E-state index contributed by atoms with van der Waals surface area (Å²) >= 11 is 16.6. The van der Waals surface area contributed by atoms with Crippen LogP contribution in [0.15, 0.2) is 76.1 Å². The van der Waals surface area contributed by atoms with Gasteiger partial charge in [0.15, 0.2) is 0 Å². The number of benzene rings is 3. The van der Waals surface area contributed by atoms with Crippen molar-refractivity contribution in [2.45, 2.75) is 13.0 Å². The summed E-state index contributed by atoms with van der Waals surface area (Å²) in [6.07, 6.45) is 2.30. The normalized spacial score (nSPS) is 14.9. The third-order valence-electron chi connectivity index (χ3n) is 5.00. The van der Waals surface area contributed by atoms with E-state index in [4.69, 9.17) is 27.9 Å². The van der Waals surface area contributed by atoms with E-state index in [1.807, 2.05) is 42.5 Å². The van der Waals surface area contributed by atoms with Crippen LogP contribution in [0.25, 0.3) is 6.08 Å². The van der Waals surface area contributed by atoms with E-state index in [1.165, 1.54) is 4.90 Å². The second kappa shape index (κ2) is 10.8. The fourth-order valence-corrected chi connectivity index (χ4v) is 4.98. The van der Waals surface area contributed by atoms with Crippen LogP contribution < -0.4 is 4.74 Å². The SMILES string of the molecule is O=C1S/C(=C\c2cc(Br)ccc2OCc2ccc(Cl)cc2Cl)C(=O)N1CCc1ccccc1. The first kappa shape index (κ1) is 23.9. The van der Waals surface area contributed by atoms with E-state index < -0.39 is 0 Å². The Labute approximate surface area is 214 Å². The third kappa shape index (κ3) is 6.01. The van der Waals surface area contributed by atoms with Gasteiger partial charge in [0, 0.05) is 32.2 Å². The van der Waals surface area contributed by atoms with Crippen LogP contribution in [0.1, 0.15) is 16.7 Å². The van der Waals surface area contributed by atoms with Crippen LogP contribution in [-0.4, -0.2) is 22.6 Å². The standard InChI is InChI=1S/C25H18BrCl2NO3S/c26-19-7-9-22(32-15-17-6-8-20(27)14-21(17)28)18(12-19)13-23-24(30)29(25(31)33-23)11-10-16-4-2-1-3-5-16/h1-9,12-14H,10-11,15H2/b23-13-. The Balaban J connectivity index is 1.51. The fourth-order valence-electron chi connectivity index (χ4n) is 3.28. The molecule has 3 aromatic rings. The summed E-state index contributed by atoms with van der Waals surface area (Å²) in [5.41, 5.74) is 2.54. The largest absolute Gasteiger partial charge is 0.488 e. The molecule has 0 aromatic heterocycles. The van der Waals surface area contributed by atoms with E-state index >= 15 is 0 Å². The van der Waals surface area contributed by atoms with Gasteiger partial charge in [-0.25, -0.2) is 0 Å². The minimum absolute atomic E-state index is 0.233. The number of nitrogens with zero attached hydrogens (tertiary/aromatic N) is 1. The molecule has 4 nitrogen and oxygen atoms in total. The second-order valence-electron chi connectivity index (χ2n) is 7.28. The third-order valence-corrected chi connectivity index (χ3v) is 6.98. The number of hydrogen-bond donors (Lipinski definition) is 0. The van der Waals surface area contributed by atoms with Gasteiger partial charge in [-0.3, -0.25) is 14.5 Å². The molecule has 168 valence electrons. The smallest absolute Gasteiger partial charge is 0.293 e. The van der Waals surface area contributed by atoms with Crippen molar-refractivity contribution in [1.29, 1.82) is 0 Å². The maximum absolute atomic E-state index is 12.9. The zero-order valence-corrected chi connectivity index (χ0v) is 21.2. The lowest BCUT2D eigenvalue weighted by molar-refractivity contribution is -0.122. The molecule has 0 aliphatic carbocycles. The molecule has 0 atom stereocenters. The van der Waals surface area contributed by atoms with Gasteiger partial charge in [-0.2, -0.15) is 0 Å².